The summed E-state index contributed by atoms with van der Waals surface area (Å²) in [5.41, 5.74) is 2.56. The van der Waals surface area contributed by atoms with Crippen molar-refractivity contribution in [3.05, 3.63) is 23.5 Å². The van der Waals surface area contributed by atoms with Gasteiger partial charge in [-0.15, -0.1) is 0 Å². The highest BCUT2D eigenvalue weighted by Gasteiger charge is 2.35. The van der Waals surface area contributed by atoms with E-state index in [0.717, 1.165) is 26.1 Å². The van der Waals surface area contributed by atoms with Gasteiger partial charge >= 0.3 is 0 Å². The Balaban J connectivity index is 1.79. The van der Waals surface area contributed by atoms with E-state index in [1.54, 1.807) is 0 Å². The highest BCUT2D eigenvalue weighted by molar-refractivity contribution is 5.83. The van der Waals surface area contributed by atoms with Crippen molar-refractivity contribution in [3.8, 4) is 0 Å². The quantitative estimate of drug-likeness (QED) is 0.852. The maximum Gasteiger partial charge on any atom is 0.240 e. The Labute approximate surface area is 121 Å². The van der Waals surface area contributed by atoms with Gasteiger partial charge in [0, 0.05) is 24.5 Å². The van der Waals surface area contributed by atoms with Crippen LogP contribution in [0.15, 0.2) is 12.1 Å². The predicted molar refractivity (Wildman–Crippen MR) is 79.5 cm³/mol. The molecule has 0 saturated carbocycles. The maximum absolute atomic E-state index is 12.8. The van der Waals surface area contributed by atoms with E-state index in [1.165, 1.54) is 17.8 Å². The normalized spacial score (nSPS) is 30.1. The number of carbonyl (C=O) groups is 1. The van der Waals surface area contributed by atoms with Crippen molar-refractivity contribution in [3.63, 3.8) is 0 Å². The molecule has 2 aliphatic heterocycles. The molecule has 1 N–H and O–H groups in total. The van der Waals surface area contributed by atoms with Crippen molar-refractivity contribution in [2.45, 2.75) is 52.2 Å². The lowest BCUT2D eigenvalue weighted by Crippen LogP contribution is -2.54. The van der Waals surface area contributed by atoms with E-state index < -0.39 is 0 Å². The van der Waals surface area contributed by atoms with Gasteiger partial charge in [0.2, 0.25) is 5.91 Å². The number of hydrogen-bond donors (Lipinski definition) is 1. The lowest BCUT2D eigenvalue weighted by atomic mass is 9.91. The zero-order valence-electron chi connectivity index (χ0n) is 12.7. The summed E-state index contributed by atoms with van der Waals surface area (Å²) in [6.45, 7) is 9.20. The van der Waals surface area contributed by atoms with Crippen LogP contribution in [0.1, 0.15) is 44.1 Å². The summed E-state index contributed by atoms with van der Waals surface area (Å²) in [5, 5.41) is 3.42. The van der Waals surface area contributed by atoms with Crippen molar-refractivity contribution < 1.29 is 4.79 Å². The zero-order chi connectivity index (χ0) is 14.3. The van der Waals surface area contributed by atoms with Crippen LogP contribution < -0.4 is 5.32 Å². The van der Waals surface area contributed by atoms with Gasteiger partial charge in [-0.1, -0.05) is 6.92 Å². The Bertz CT molecular complexity index is 508. The molecule has 1 aromatic heterocycles. The average Bonchev–Trinajstić information content (AvgIpc) is 2.82. The Morgan fingerprint density at radius 3 is 2.85 bits per heavy atom. The summed E-state index contributed by atoms with van der Waals surface area (Å²) in [5.74, 6) is 0.730. The van der Waals surface area contributed by atoms with Crippen LogP contribution in [0, 0.1) is 12.8 Å². The van der Waals surface area contributed by atoms with Gasteiger partial charge in [-0.25, -0.2) is 0 Å². The van der Waals surface area contributed by atoms with E-state index in [-0.39, 0.29) is 18.0 Å². The van der Waals surface area contributed by atoms with Gasteiger partial charge in [0.15, 0.2) is 0 Å². The number of carbonyl (C=O) groups excluding carboxylic acids is 1. The van der Waals surface area contributed by atoms with Crippen molar-refractivity contribution in [1.29, 1.82) is 0 Å². The number of nitrogens with one attached hydrogen (secondary N) is 1. The SMILES string of the molecule is Cc1ccc2n1CCN(C(=O)C1NCCCC1C)C2C. The molecule has 0 aliphatic carbocycles. The molecule has 1 fully saturated rings. The molecular formula is C16H25N3O. The number of fused-ring (bicyclic) bond motifs is 1. The molecule has 0 radical (unpaired) electrons. The van der Waals surface area contributed by atoms with E-state index >= 15 is 0 Å². The van der Waals surface area contributed by atoms with Gasteiger partial charge in [-0.05, 0) is 51.3 Å². The number of aryl methyl sites for hydroxylation is 1. The molecule has 110 valence electrons. The van der Waals surface area contributed by atoms with Crippen LogP contribution in [-0.4, -0.2) is 34.5 Å². The molecule has 3 unspecified atom stereocenters. The van der Waals surface area contributed by atoms with Crippen molar-refractivity contribution in [2.75, 3.05) is 13.1 Å². The first kappa shape index (κ1) is 13.7. The van der Waals surface area contributed by atoms with Gasteiger partial charge in [0.05, 0.1) is 12.1 Å². The molecule has 3 atom stereocenters. The van der Waals surface area contributed by atoms with E-state index in [9.17, 15) is 4.79 Å². The first-order valence-electron chi connectivity index (χ1n) is 7.79. The molecular weight excluding hydrogens is 250 g/mol. The van der Waals surface area contributed by atoms with E-state index in [2.05, 4.69) is 47.7 Å². The fraction of sp³-hybridized carbons (Fsp3) is 0.688. The molecule has 20 heavy (non-hydrogen) atoms. The van der Waals surface area contributed by atoms with Crippen LogP contribution in [0.4, 0.5) is 0 Å². The topological polar surface area (TPSA) is 37.3 Å². The van der Waals surface area contributed by atoms with Crippen LogP contribution in [0.3, 0.4) is 0 Å². The smallest absolute Gasteiger partial charge is 0.240 e. The molecule has 1 amide bonds. The molecule has 4 heteroatoms. The third kappa shape index (κ3) is 2.16. The Morgan fingerprint density at radius 2 is 2.10 bits per heavy atom. The second-order valence-corrected chi connectivity index (χ2v) is 6.31. The van der Waals surface area contributed by atoms with Gasteiger partial charge in [-0.2, -0.15) is 0 Å². The number of rotatable bonds is 1. The summed E-state index contributed by atoms with van der Waals surface area (Å²) in [6, 6.07) is 4.51. The highest BCUT2D eigenvalue weighted by atomic mass is 16.2. The lowest BCUT2D eigenvalue weighted by Gasteiger charge is -2.40. The van der Waals surface area contributed by atoms with E-state index in [1.807, 2.05) is 0 Å². The van der Waals surface area contributed by atoms with Gasteiger partial charge in [0.1, 0.15) is 0 Å². The number of hydrogen-bond acceptors (Lipinski definition) is 2. The van der Waals surface area contributed by atoms with Crippen LogP contribution in [0.5, 0.6) is 0 Å². The summed E-state index contributed by atoms with van der Waals surface area (Å²) >= 11 is 0. The molecule has 1 saturated heterocycles. The predicted octanol–water partition coefficient (Wildman–Crippen LogP) is 2.09. The minimum absolute atomic E-state index is 0.00816. The van der Waals surface area contributed by atoms with Crippen LogP contribution >= 0.6 is 0 Å². The third-order valence-corrected chi connectivity index (χ3v) is 5.01. The third-order valence-electron chi connectivity index (χ3n) is 5.01. The number of amides is 1. The molecule has 0 bridgehead atoms. The minimum atomic E-state index is 0.00816. The maximum atomic E-state index is 12.8. The Morgan fingerprint density at radius 1 is 1.30 bits per heavy atom. The monoisotopic (exact) mass is 275 g/mol. The second kappa shape index (κ2) is 5.24. The molecule has 2 aliphatic rings. The zero-order valence-corrected chi connectivity index (χ0v) is 12.7. The fourth-order valence-electron chi connectivity index (χ4n) is 3.68. The molecule has 3 heterocycles. The van der Waals surface area contributed by atoms with E-state index in [4.69, 9.17) is 0 Å². The Hall–Kier alpha value is -1.29. The largest absolute Gasteiger partial charge is 0.345 e. The van der Waals surface area contributed by atoms with Crippen molar-refractivity contribution in [1.82, 2.24) is 14.8 Å². The summed E-state index contributed by atoms with van der Waals surface area (Å²) in [6.07, 6.45) is 2.34. The van der Waals surface area contributed by atoms with Crippen molar-refractivity contribution >= 4 is 5.91 Å². The molecule has 1 aromatic rings. The highest BCUT2D eigenvalue weighted by Crippen LogP contribution is 2.29. The van der Waals surface area contributed by atoms with Gasteiger partial charge < -0.3 is 14.8 Å². The molecule has 0 aromatic carbocycles. The van der Waals surface area contributed by atoms with E-state index in [0.29, 0.717) is 5.92 Å². The minimum Gasteiger partial charge on any atom is -0.345 e. The first-order chi connectivity index (χ1) is 9.59. The fourth-order valence-corrected chi connectivity index (χ4v) is 3.68. The van der Waals surface area contributed by atoms with Crippen LogP contribution in [0.25, 0.3) is 0 Å². The van der Waals surface area contributed by atoms with Crippen LogP contribution in [-0.2, 0) is 11.3 Å². The van der Waals surface area contributed by atoms with Crippen molar-refractivity contribution in [2.24, 2.45) is 5.92 Å². The average molecular weight is 275 g/mol. The van der Waals surface area contributed by atoms with Gasteiger partial charge in [0.25, 0.3) is 0 Å². The summed E-state index contributed by atoms with van der Waals surface area (Å²) < 4.78 is 2.34. The Kier molecular flexibility index (Phi) is 3.59. The number of nitrogens with zero attached hydrogens (tertiary/aromatic N) is 2. The molecule has 3 rings (SSSR count). The summed E-state index contributed by atoms with van der Waals surface area (Å²) in [7, 11) is 0. The first-order valence-corrected chi connectivity index (χ1v) is 7.79. The second-order valence-electron chi connectivity index (χ2n) is 6.31. The molecule has 0 spiro atoms. The standard InChI is InChI=1S/C16H25N3O/c1-11-5-4-8-17-15(11)16(20)19-10-9-18-12(2)6-7-14(18)13(19)3/h6-7,11,13,15,17H,4-5,8-10H2,1-3H3. The number of piperidine rings is 1. The van der Waals surface area contributed by atoms with Crippen LogP contribution in [0.2, 0.25) is 0 Å². The summed E-state index contributed by atoms with van der Waals surface area (Å²) in [4.78, 5) is 14.9. The van der Waals surface area contributed by atoms with Gasteiger partial charge in [-0.3, -0.25) is 4.79 Å². The molecule has 4 nitrogen and oxygen atoms in total. The lowest BCUT2D eigenvalue weighted by molar-refractivity contribution is -0.138. The number of aromatic nitrogens is 1.